The Balaban J connectivity index is 1.96. The lowest BCUT2D eigenvalue weighted by Gasteiger charge is -2.31. The van der Waals surface area contributed by atoms with Crippen LogP contribution in [0.1, 0.15) is 18.4 Å². The third kappa shape index (κ3) is 2.94. The van der Waals surface area contributed by atoms with Crippen LogP contribution in [0, 0.1) is 0 Å². The number of hydrogen-bond acceptors (Lipinski definition) is 3. The van der Waals surface area contributed by atoms with Gasteiger partial charge in [0.15, 0.2) is 0 Å². The van der Waals surface area contributed by atoms with E-state index < -0.39 is 0 Å². The molecule has 0 saturated carbocycles. The molecule has 0 radical (unpaired) electrons. The molecule has 1 aliphatic heterocycles. The first-order valence-corrected chi connectivity index (χ1v) is 6.14. The molecule has 1 aliphatic rings. The molecule has 1 unspecified atom stereocenters. The molecule has 0 aliphatic carbocycles. The molecule has 0 aromatic carbocycles. The number of nitrogens with one attached hydrogen (secondary N) is 1. The molecule has 3 nitrogen and oxygen atoms in total. The van der Waals surface area contributed by atoms with Crippen molar-refractivity contribution in [3.8, 4) is 0 Å². The van der Waals surface area contributed by atoms with E-state index in [1.165, 1.54) is 12.8 Å². The summed E-state index contributed by atoms with van der Waals surface area (Å²) in [6.45, 7) is 3.13. The summed E-state index contributed by atoms with van der Waals surface area (Å²) in [7, 11) is 2.16. The first-order valence-electron chi connectivity index (χ1n) is 5.76. The summed E-state index contributed by atoms with van der Waals surface area (Å²) in [5.74, 6) is 0. The molecule has 1 fully saturated rings. The lowest BCUT2D eigenvalue weighted by molar-refractivity contribution is 0.196. The van der Waals surface area contributed by atoms with Crippen molar-refractivity contribution in [1.29, 1.82) is 0 Å². The second kappa shape index (κ2) is 5.62. The minimum absolute atomic E-state index is 0.623. The highest BCUT2D eigenvalue weighted by molar-refractivity contribution is 6.31. The lowest BCUT2D eigenvalue weighted by atomic mass is 10.1. The number of nitrogens with zero attached hydrogens (tertiary/aromatic N) is 2. The Morgan fingerprint density at radius 1 is 1.62 bits per heavy atom. The zero-order valence-electron chi connectivity index (χ0n) is 9.62. The molecule has 2 heterocycles. The van der Waals surface area contributed by atoms with Crippen LogP contribution in [0.4, 0.5) is 0 Å². The van der Waals surface area contributed by atoms with Gasteiger partial charge >= 0.3 is 0 Å². The van der Waals surface area contributed by atoms with Crippen molar-refractivity contribution in [1.82, 2.24) is 15.2 Å². The summed E-state index contributed by atoms with van der Waals surface area (Å²) < 4.78 is 0. The van der Waals surface area contributed by atoms with E-state index in [4.69, 9.17) is 11.6 Å². The molecule has 1 atom stereocenters. The van der Waals surface area contributed by atoms with E-state index in [9.17, 15) is 0 Å². The molecular weight excluding hydrogens is 222 g/mol. The molecule has 2 rings (SSSR count). The van der Waals surface area contributed by atoms with Gasteiger partial charge in [-0.15, -0.1) is 0 Å². The Morgan fingerprint density at radius 2 is 2.50 bits per heavy atom. The van der Waals surface area contributed by atoms with Crippen molar-refractivity contribution in [3.05, 3.63) is 29.0 Å². The van der Waals surface area contributed by atoms with Gasteiger partial charge in [-0.2, -0.15) is 0 Å². The molecule has 1 saturated heterocycles. The van der Waals surface area contributed by atoms with Gasteiger partial charge in [0, 0.05) is 31.5 Å². The van der Waals surface area contributed by atoms with Crippen molar-refractivity contribution in [2.75, 3.05) is 20.1 Å². The third-order valence-corrected chi connectivity index (χ3v) is 3.51. The molecule has 88 valence electrons. The van der Waals surface area contributed by atoms with Crippen LogP contribution in [-0.2, 0) is 6.54 Å². The highest BCUT2D eigenvalue weighted by Gasteiger charge is 2.18. The smallest absolute Gasteiger partial charge is 0.0634 e. The second-order valence-corrected chi connectivity index (χ2v) is 4.79. The molecule has 1 aromatic heterocycles. The van der Waals surface area contributed by atoms with Crippen LogP contribution in [0.25, 0.3) is 0 Å². The van der Waals surface area contributed by atoms with Crippen molar-refractivity contribution < 1.29 is 0 Å². The predicted octanol–water partition coefficient (Wildman–Crippen LogP) is 1.92. The van der Waals surface area contributed by atoms with Gasteiger partial charge in [-0.05, 0) is 38.1 Å². The van der Waals surface area contributed by atoms with E-state index in [0.29, 0.717) is 6.04 Å². The lowest BCUT2D eigenvalue weighted by Crippen LogP contribution is -2.43. The molecular formula is C12H18ClN3. The molecule has 0 bridgehead atoms. The maximum Gasteiger partial charge on any atom is 0.0634 e. The molecule has 16 heavy (non-hydrogen) atoms. The van der Waals surface area contributed by atoms with Gasteiger partial charge in [-0.1, -0.05) is 11.6 Å². The number of halogens is 1. The van der Waals surface area contributed by atoms with Crippen LogP contribution in [0.5, 0.6) is 0 Å². The zero-order valence-corrected chi connectivity index (χ0v) is 10.4. The topological polar surface area (TPSA) is 28.2 Å². The second-order valence-electron chi connectivity index (χ2n) is 4.38. The Bertz CT molecular complexity index is 337. The van der Waals surface area contributed by atoms with Crippen LogP contribution in [0.2, 0.25) is 5.02 Å². The summed E-state index contributed by atoms with van der Waals surface area (Å²) in [5.41, 5.74) is 1.16. The van der Waals surface area contributed by atoms with E-state index in [2.05, 4.69) is 22.2 Å². The first-order chi connectivity index (χ1) is 7.77. The normalized spacial score (nSPS) is 21.3. The molecule has 0 amide bonds. The molecule has 1 N–H and O–H groups in total. The fourth-order valence-corrected chi connectivity index (χ4v) is 2.32. The SMILES string of the molecule is CN(Cc1ccncc1Cl)C1CCCNC1. The minimum Gasteiger partial charge on any atom is -0.315 e. The quantitative estimate of drug-likeness (QED) is 0.874. The Labute approximate surface area is 102 Å². The van der Waals surface area contributed by atoms with Gasteiger partial charge in [0.05, 0.1) is 5.02 Å². The van der Waals surface area contributed by atoms with E-state index in [1.807, 2.05) is 6.07 Å². The van der Waals surface area contributed by atoms with E-state index in [-0.39, 0.29) is 0 Å². The number of piperidine rings is 1. The zero-order chi connectivity index (χ0) is 11.4. The minimum atomic E-state index is 0.623. The third-order valence-electron chi connectivity index (χ3n) is 3.17. The van der Waals surface area contributed by atoms with Gasteiger partial charge in [-0.25, -0.2) is 0 Å². The fraction of sp³-hybridized carbons (Fsp3) is 0.583. The van der Waals surface area contributed by atoms with Crippen LogP contribution in [-0.4, -0.2) is 36.1 Å². The molecule has 0 spiro atoms. The highest BCUT2D eigenvalue weighted by Crippen LogP contribution is 2.18. The van der Waals surface area contributed by atoms with E-state index >= 15 is 0 Å². The number of pyridine rings is 1. The molecule has 4 heteroatoms. The Morgan fingerprint density at radius 3 is 3.19 bits per heavy atom. The highest BCUT2D eigenvalue weighted by atomic mass is 35.5. The first kappa shape index (κ1) is 11.8. The average molecular weight is 240 g/mol. The number of rotatable bonds is 3. The van der Waals surface area contributed by atoms with Crippen LogP contribution in [0.15, 0.2) is 18.5 Å². The fourth-order valence-electron chi connectivity index (χ4n) is 2.14. The number of likely N-dealkylation sites (N-methyl/N-ethyl adjacent to an activating group) is 1. The summed E-state index contributed by atoms with van der Waals surface area (Å²) in [6, 6.07) is 2.62. The van der Waals surface area contributed by atoms with Gasteiger partial charge in [0.2, 0.25) is 0 Å². The van der Waals surface area contributed by atoms with Gasteiger partial charge in [0.1, 0.15) is 0 Å². The summed E-state index contributed by atoms with van der Waals surface area (Å²) in [5, 5.41) is 4.19. The molecule has 1 aromatic rings. The maximum absolute atomic E-state index is 6.10. The van der Waals surface area contributed by atoms with Crippen LogP contribution in [0.3, 0.4) is 0 Å². The monoisotopic (exact) mass is 239 g/mol. The van der Waals surface area contributed by atoms with Crippen LogP contribution < -0.4 is 5.32 Å². The van der Waals surface area contributed by atoms with Gasteiger partial charge < -0.3 is 5.32 Å². The average Bonchev–Trinajstić information content (AvgIpc) is 2.33. The Hall–Kier alpha value is -0.640. The van der Waals surface area contributed by atoms with Gasteiger partial charge in [-0.3, -0.25) is 9.88 Å². The van der Waals surface area contributed by atoms with Crippen molar-refractivity contribution in [2.45, 2.75) is 25.4 Å². The van der Waals surface area contributed by atoms with Crippen molar-refractivity contribution >= 4 is 11.6 Å². The van der Waals surface area contributed by atoms with Gasteiger partial charge in [0.25, 0.3) is 0 Å². The Kier molecular flexibility index (Phi) is 4.16. The summed E-state index contributed by atoms with van der Waals surface area (Å²) in [4.78, 5) is 6.37. The largest absolute Gasteiger partial charge is 0.315 e. The van der Waals surface area contributed by atoms with E-state index in [0.717, 1.165) is 30.2 Å². The van der Waals surface area contributed by atoms with Crippen LogP contribution >= 0.6 is 11.6 Å². The standard InChI is InChI=1S/C12H18ClN3/c1-16(11-3-2-5-14-7-11)9-10-4-6-15-8-12(10)13/h4,6,8,11,14H,2-3,5,7,9H2,1H3. The summed E-state index contributed by atoms with van der Waals surface area (Å²) in [6.07, 6.45) is 6.04. The number of aromatic nitrogens is 1. The number of hydrogen-bond donors (Lipinski definition) is 1. The summed E-state index contributed by atoms with van der Waals surface area (Å²) >= 11 is 6.10. The van der Waals surface area contributed by atoms with Crippen molar-refractivity contribution in [3.63, 3.8) is 0 Å². The maximum atomic E-state index is 6.10. The van der Waals surface area contributed by atoms with Crippen molar-refractivity contribution in [2.24, 2.45) is 0 Å². The predicted molar refractivity (Wildman–Crippen MR) is 66.6 cm³/mol. The van der Waals surface area contributed by atoms with E-state index in [1.54, 1.807) is 12.4 Å².